The first-order valence-electron chi connectivity index (χ1n) is 8.16. The molecule has 0 spiro atoms. The number of hydrogen-bond donors (Lipinski definition) is 0. The van der Waals surface area contributed by atoms with Crippen LogP contribution in [0.4, 0.5) is 0 Å². The maximum Gasteiger partial charge on any atom is 0.119 e. The Morgan fingerprint density at radius 3 is 2.05 bits per heavy atom. The monoisotopic (exact) mass is 320 g/mol. The first-order chi connectivity index (χ1) is 10.7. The fourth-order valence-corrected chi connectivity index (χ4v) is 2.11. The van der Waals surface area contributed by atoms with Crippen LogP contribution in [0.5, 0.6) is 5.75 Å². The number of rotatable bonds is 4. The van der Waals surface area contributed by atoms with Gasteiger partial charge in [-0.05, 0) is 49.6 Å². The van der Waals surface area contributed by atoms with Crippen molar-refractivity contribution >= 4 is 11.6 Å². The topological polar surface area (TPSA) is 9.23 Å². The molecule has 0 saturated carbocycles. The molecule has 0 radical (unpaired) electrons. The van der Waals surface area contributed by atoms with Crippen LogP contribution < -0.4 is 4.74 Å². The van der Waals surface area contributed by atoms with Gasteiger partial charge in [0.1, 0.15) is 5.75 Å². The quantitative estimate of drug-likeness (QED) is 0.609. The molecule has 0 aromatic heterocycles. The second kappa shape index (κ2) is 12.1. The Morgan fingerprint density at radius 2 is 1.50 bits per heavy atom. The van der Waals surface area contributed by atoms with E-state index in [0.717, 1.165) is 17.2 Å². The molecule has 0 amide bonds. The van der Waals surface area contributed by atoms with Crippen molar-refractivity contribution in [3.8, 4) is 5.75 Å². The van der Waals surface area contributed by atoms with Crippen molar-refractivity contribution in [1.29, 1.82) is 0 Å². The van der Waals surface area contributed by atoms with Gasteiger partial charge in [0.15, 0.2) is 0 Å². The molecule has 0 bridgehead atoms. The summed E-state index contributed by atoms with van der Waals surface area (Å²) in [5.41, 5.74) is 3.65. The minimum absolute atomic E-state index is 0.697. The van der Waals surface area contributed by atoms with Crippen LogP contribution in [-0.4, -0.2) is 6.61 Å². The summed E-state index contributed by atoms with van der Waals surface area (Å²) >= 11 is 6.20. The second-order valence-electron chi connectivity index (χ2n) is 4.35. The third-order valence-corrected chi connectivity index (χ3v) is 3.20. The van der Waals surface area contributed by atoms with Gasteiger partial charge in [0.2, 0.25) is 0 Å². The smallest absolute Gasteiger partial charge is 0.119 e. The molecule has 2 heteroatoms. The summed E-state index contributed by atoms with van der Waals surface area (Å²) in [6, 6.07) is 14.3. The minimum Gasteiger partial charge on any atom is -0.494 e. The Bertz CT molecular complexity index is 518. The van der Waals surface area contributed by atoms with Crippen molar-refractivity contribution in [2.24, 2.45) is 0 Å². The zero-order valence-electron chi connectivity index (χ0n) is 14.7. The molecular weight excluding hydrogens is 292 g/mol. The molecular formula is C20H29ClO. The van der Waals surface area contributed by atoms with Crippen LogP contribution in [0, 0.1) is 6.92 Å². The van der Waals surface area contributed by atoms with Crippen LogP contribution in [0.3, 0.4) is 0 Å². The molecule has 0 aliphatic carbocycles. The molecule has 0 heterocycles. The summed E-state index contributed by atoms with van der Waals surface area (Å²) in [5, 5.41) is 0.828. The fraction of sp³-hybridized carbons (Fsp3) is 0.400. The second-order valence-corrected chi connectivity index (χ2v) is 4.76. The van der Waals surface area contributed by atoms with E-state index in [1.54, 1.807) is 0 Å². The van der Waals surface area contributed by atoms with Gasteiger partial charge < -0.3 is 4.74 Å². The number of aryl methyl sites for hydroxylation is 1. The molecule has 22 heavy (non-hydrogen) atoms. The maximum atomic E-state index is 6.20. The Labute approximate surface area is 141 Å². The van der Waals surface area contributed by atoms with Crippen molar-refractivity contribution in [2.45, 2.75) is 48.0 Å². The number of halogens is 1. The van der Waals surface area contributed by atoms with E-state index < -0.39 is 0 Å². The van der Waals surface area contributed by atoms with Crippen LogP contribution in [0.15, 0.2) is 42.5 Å². The number of benzene rings is 2. The van der Waals surface area contributed by atoms with Crippen molar-refractivity contribution in [1.82, 2.24) is 0 Å². The predicted octanol–water partition coefficient (Wildman–Crippen LogP) is 6.69. The fourth-order valence-electron chi connectivity index (χ4n) is 1.93. The lowest BCUT2D eigenvalue weighted by molar-refractivity contribution is 0.340. The highest BCUT2D eigenvalue weighted by molar-refractivity contribution is 6.31. The molecule has 2 aromatic rings. The van der Waals surface area contributed by atoms with E-state index in [0.29, 0.717) is 6.61 Å². The Hall–Kier alpha value is -1.47. The van der Waals surface area contributed by atoms with Gasteiger partial charge in [0, 0.05) is 5.02 Å². The molecule has 0 fully saturated rings. The van der Waals surface area contributed by atoms with Crippen molar-refractivity contribution in [2.75, 3.05) is 6.61 Å². The Balaban J connectivity index is 0.00000102. The summed E-state index contributed by atoms with van der Waals surface area (Å²) in [7, 11) is 0. The average molecular weight is 321 g/mol. The van der Waals surface area contributed by atoms with Gasteiger partial charge in [0.25, 0.3) is 0 Å². The standard InChI is InChI=1S/C16H17ClO.2C2H6/c1-3-18-15-7-5-13(6-8-15)11-14-10-12(2)4-9-16(14)17;2*1-2/h4-10H,3,11H2,1-2H3;2*1-2H3. The molecule has 122 valence electrons. The van der Waals surface area contributed by atoms with Gasteiger partial charge in [-0.2, -0.15) is 0 Å². The van der Waals surface area contributed by atoms with E-state index in [4.69, 9.17) is 16.3 Å². The third kappa shape index (κ3) is 7.00. The van der Waals surface area contributed by atoms with E-state index in [-0.39, 0.29) is 0 Å². The van der Waals surface area contributed by atoms with Crippen LogP contribution in [0.25, 0.3) is 0 Å². The predicted molar refractivity (Wildman–Crippen MR) is 99.3 cm³/mol. The zero-order chi connectivity index (χ0) is 17.0. The molecule has 0 aliphatic rings. The Kier molecular flexibility index (Phi) is 11.3. The molecule has 1 nitrogen and oxygen atoms in total. The molecule has 0 saturated heterocycles. The lowest BCUT2D eigenvalue weighted by Gasteiger charge is -2.07. The van der Waals surface area contributed by atoms with E-state index in [1.807, 2.05) is 58.9 Å². The van der Waals surface area contributed by atoms with Crippen LogP contribution in [0.1, 0.15) is 51.3 Å². The summed E-state index contributed by atoms with van der Waals surface area (Å²) in [6.07, 6.45) is 0.854. The van der Waals surface area contributed by atoms with Gasteiger partial charge in [0.05, 0.1) is 6.61 Å². The Morgan fingerprint density at radius 1 is 0.909 bits per heavy atom. The minimum atomic E-state index is 0.697. The lowest BCUT2D eigenvalue weighted by atomic mass is 10.0. The van der Waals surface area contributed by atoms with E-state index >= 15 is 0 Å². The first-order valence-corrected chi connectivity index (χ1v) is 8.53. The zero-order valence-corrected chi connectivity index (χ0v) is 15.5. The molecule has 0 aliphatic heterocycles. The van der Waals surface area contributed by atoms with Gasteiger partial charge in [-0.25, -0.2) is 0 Å². The van der Waals surface area contributed by atoms with Gasteiger partial charge in [-0.1, -0.05) is 69.1 Å². The van der Waals surface area contributed by atoms with Crippen molar-refractivity contribution < 1.29 is 4.74 Å². The van der Waals surface area contributed by atoms with E-state index in [1.165, 1.54) is 16.7 Å². The van der Waals surface area contributed by atoms with E-state index in [2.05, 4.69) is 25.1 Å². The molecule has 0 unspecified atom stereocenters. The average Bonchev–Trinajstić information content (AvgIpc) is 2.57. The van der Waals surface area contributed by atoms with Gasteiger partial charge in [-0.15, -0.1) is 0 Å². The first kappa shape index (κ1) is 20.5. The maximum absolute atomic E-state index is 6.20. The molecule has 2 aromatic carbocycles. The molecule has 0 N–H and O–H groups in total. The van der Waals surface area contributed by atoms with Gasteiger partial charge in [-0.3, -0.25) is 0 Å². The summed E-state index contributed by atoms with van der Waals surface area (Å²) in [5.74, 6) is 0.914. The summed E-state index contributed by atoms with van der Waals surface area (Å²) in [6.45, 7) is 12.8. The lowest BCUT2D eigenvalue weighted by Crippen LogP contribution is -1.93. The van der Waals surface area contributed by atoms with Crippen LogP contribution in [-0.2, 0) is 6.42 Å². The van der Waals surface area contributed by atoms with E-state index in [9.17, 15) is 0 Å². The highest BCUT2D eigenvalue weighted by Crippen LogP contribution is 2.22. The van der Waals surface area contributed by atoms with Crippen LogP contribution in [0.2, 0.25) is 5.02 Å². The summed E-state index contributed by atoms with van der Waals surface area (Å²) in [4.78, 5) is 0. The van der Waals surface area contributed by atoms with Crippen molar-refractivity contribution in [3.05, 3.63) is 64.2 Å². The highest BCUT2D eigenvalue weighted by atomic mass is 35.5. The normalized spacial score (nSPS) is 9.05. The molecule has 0 atom stereocenters. The van der Waals surface area contributed by atoms with Crippen LogP contribution >= 0.6 is 11.6 Å². The third-order valence-electron chi connectivity index (χ3n) is 2.83. The SMILES string of the molecule is CC.CC.CCOc1ccc(Cc2cc(C)ccc2Cl)cc1. The summed E-state index contributed by atoms with van der Waals surface area (Å²) < 4.78 is 5.43. The number of ether oxygens (including phenoxy) is 1. The largest absolute Gasteiger partial charge is 0.494 e. The highest BCUT2D eigenvalue weighted by Gasteiger charge is 2.02. The van der Waals surface area contributed by atoms with Crippen molar-refractivity contribution in [3.63, 3.8) is 0 Å². The van der Waals surface area contributed by atoms with Gasteiger partial charge >= 0.3 is 0 Å². The number of hydrogen-bond acceptors (Lipinski definition) is 1. The molecule has 2 rings (SSSR count).